The maximum absolute atomic E-state index is 5.54. The molecule has 19 heavy (non-hydrogen) atoms. The molecule has 0 radical (unpaired) electrons. The molecular formula is C15H23N3O. The summed E-state index contributed by atoms with van der Waals surface area (Å²) in [6.45, 7) is 7.01. The molecule has 1 heterocycles. The lowest BCUT2D eigenvalue weighted by Crippen LogP contribution is -2.12. The van der Waals surface area contributed by atoms with Crippen LogP contribution in [0.15, 0.2) is 18.7 Å². The number of rotatable bonds is 6. The maximum Gasteiger partial charge on any atom is 0.218 e. The van der Waals surface area contributed by atoms with Gasteiger partial charge in [0, 0.05) is 18.5 Å². The average molecular weight is 261 g/mol. The summed E-state index contributed by atoms with van der Waals surface area (Å²) in [5.41, 5.74) is 0. The topological polar surface area (TPSA) is 47.0 Å². The normalized spacial score (nSPS) is 16.1. The van der Waals surface area contributed by atoms with E-state index >= 15 is 0 Å². The van der Waals surface area contributed by atoms with Gasteiger partial charge in [0.1, 0.15) is 11.6 Å². The van der Waals surface area contributed by atoms with E-state index in [-0.39, 0.29) is 0 Å². The Balaban J connectivity index is 2.19. The Kier molecular flexibility index (Phi) is 5.19. The van der Waals surface area contributed by atoms with Gasteiger partial charge < -0.3 is 10.1 Å². The number of anilines is 1. The highest BCUT2D eigenvalue weighted by Gasteiger charge is 2.19. The predicted molar refractivity (Wildman–Crippen MR) is 77.7 cm³/mol. The second-order valence-corrected chi connectivity index (χ2v) is 4.89. The summed E-state index contributed by atoms with van der Waals surface area (Å²) in [6, 6.07) is 1.86. The van der Waals surface area contributed by atoms with E-state index in [9.17, 15) is 0 Å². The van der Waals surface area contributed by atoms with Crippen LogP contribution in [0.2, 0.25) is 0 Å². The van der Waals surface area contributed by atoms with Crippen molar-refractivity contribution in [3.05, 3.63) is 24.5 Å². The minimum Gasteiger partial charge on any atom is -0.478 e. The Bertz CT molecular complexity index is 414. The summed E-state index contributed by atoms with van der Waals surface area (Å²) >= 11 is 0. The zero-order chi connectivity index (χ0) is 13.5. The number of aromatic nitrogens is 2. The van der Waals surface area contributed by atoms with Crippen LogP contribution < -0.4 is 10.1 Å². The molecular weight excluding hydrogens is 238 g/mol. The highest BCUT2D eigenvalue weighted by atomic mass is 16.5. The number of hydrogen-bond acceptors (Lipinski definition) is 4. The summed E-state index contributed by atoms with van der Waals surface area (Å²) in [5.74, 6) is 2.92. The van der Waals surface area contributed by atoms with Crippen LogP contribution in [0.1, 0.15) is 50.8 Å². The van der Waals surface area contributed by atoms with E-state index in [0.717, 1.165) is 11.6 Å². The van der Waals surface area contributed by atoms with Crippen molar-refractivity contribution in [1.82, 2.24) is 9.97 Å². The highest BCUT2D eigenvalue weighted by molar-refractivity contribution is 5.39. The van der Waals surface area contributed by atoms with Crippen LogP contribution in [0, 0.1) is 0 Å². The van der Waals surface area contributed by atoms with Crippen LogP contribution >= 0.6 is 0 Å². The number of hydrogen-bond donors (Lipinski definition) is 1. The SMILES string of the molecule is C=CCNc1cc(OCC)nc(C2CCCCC2)n1. The van der Waals surface area contributed by atoms with Crippen LogP contribution in [0.5, 0.6) is 5.88 Å². The van der Waals surface area contributed by atoms with E-state index in [1.165, 1.54) is 32.1 Å². The van der Waals surface area contributed by atoms with Crippen molar-refractivity contribution in [1.29, 1.82) is 0 Å². The van der Waals surface area contributed by atoms with E-state index in [1.807, 2.05) is 19.1 Å². The first-order valence-corrected chi connectivity index (χ1v) is 7.20. The highest BCUT2D eigenvalue weighted by Crippen LogP contribution is 2.32. The molecule has 1 aromatic heterocycles. The Morgan fingerprint density at radius 3 is 2.84 bits per heavy atom. The second-order valence-electron chi connectivity index (χ2n) is 4.89. The van der Waals surface area contributed by atoms with Gasteiger partial charge in [0.15, 0.2) is 0 Å². The van der Waals surface area contributed by atoms with Gasteiger partial charge >= 0.3 is 0 Å². The molecule has 4 nitrogen and oxygen atoms in total. The fourth-order valence-electron chi connectivity index (χ4n) is 2.48. The lowest BCUT2D eigenvalue weighted by atomic mass is 9.89. The summed E-state index contributed by atoms with van der Waals surface area (Å²) in [5, 5.41) is 3.22. The van der Waals surface area contributed by atoms with Crippen LogP contribution in [0.3, 0.4) is 0 Å². The van der Waals surface area contributed by atoms with Crippen LogP contribution in [-0.2, 0) is 0 Å². The third kappa shape index (κ3) is 3.94. The van der Waals surface area contributed by atoms with Gasteiger partial charge in [-0.25, -0.2) is 4.98 Å². The Labute approximate surface area is 115 Å². The molecule has 1 aliphatic rings. The molecule has 4 heteroatoms. The van der Waals surface area contributed by atoms with Gasteiger partial charge in [-0.3, -0.25) is 0 Å². The van der Waals surface area contributed by atoms with E-state index < -0.39 is 0 Å². The summed E-state index contributed by atoms with van der Waals surface area (Å²) in [4.78, 5) is 9.18. The van der Waals surface area contributed by atoms with Gasteiger partial charge in [-0.1, -0.05) is 25.3 Å². The van der Waals surface area contributed by atoms with Crippen molar-refractivity contribution >= 4 is 5.82 Å². The van der Waals surface area contributed by atoms with Gasteiger partial charge in [-0.2, -0.15) is 4.98 Å². The molecule has 2 rings (SSSR count). The minimum absolute atomic E-state index is 0.485. The number of nitrogens with one attached hydrogen (secondary N) is 1. The number of nitrogens with zero attached hydrogens (tertiary/aromatic N) is 2. The molecule has 1 fully saturated rings. The first kappa shape index (κ1) is 13.8. The van der Waals surface area contributed by atoms with Gasteiger partial charge in [0.25, 0.3) is 0 Å². The van der Waals surface area contributed by atoms with Crippen molar-refractivity contribution in [3.63, 3.8) is 0 Å². The number of ether oxygens (including phenoxy) is 1. The molecule has 0 aromatic carbocycles. The summed E-state index contributed by atoms with van der Waals surface area (Å²) in [7, 11) is 0. The fourth-order valence-corrected chi connectivity index (χ4v) is 2.48. The zero-order valence-corrected chi connectivity index (χ0v) is 11.7. The van der Waals surface area contributed by atoms with Crippen LogP contribution in [0.4, 0.5) is 5.82 Å². The lowest BCUT2D eigenvalue weighted by Gasteiger charge is -2.21. The second kappa shape index (κ2) is 7.12. The molecule has 0 aliphatic heterocycles. The molecule has 0 spiro atoms. The van der Waals surface area contributed by atoms with Crippen LogP contribution in [0.25, 0.3) is 0 Å². The summed E-state index contributed by atoms with van der Waals surface area (Å²) in [6.07, 6.45) is 8.10. The van der Waals surface area contributed by atoms with Gasteiger partial charge in [-0.05, 0) is 19.8 Å². The Morgan fingerprint density at radius 2 is 2.16 bits per heavy atom. The molecule has 0 unspecified atom stereocenters. The Morgan fingerprint density at radius 1 is 1.37 bits per heavy atom. The fraction of sp³-hybridized carbons (Fsp3) is 0.600. The van der Waals surface area contributed by atoms with E-state index in [0.29, 0.717) is 24.9 Å². The molecule has 104 valence electrons. The molecule has 0 amide bonds. The third-order valence-electron chi connectivity index (χ3n) is 3.41. The molecule has 1 aromatic rings. The average Bonchev–Trinajstić information content (AvgIpc) is 2.46. The molecule has 0 atom stereocenters. The van der Waals surface area contributed by atoms with Crippen molar-refractivity contribution in [2.45, 2.75) is 44.9 Å². The van der Waals surface area contributed by atoms with Gasteiger partial charge in [-0.15, -0.1) is 6.58 Å². The monoisotopic (exact) mass is 261 g/mol. The van der Waals surface area contributed by atoms with Crippen LogP contribution in [-0.4, -0.2) is 23.1 Å². The molecule has 1 N–H and O–H groups in total. The molecule has 1 saturated carbocycles. The maximum atomic E-state index is 5.54. The molecule has 1 aliphatic carbocycles. The van der Waals surface area contributed by atoms with Crippen molar-refractivity contribution in [2.75, 3.05) is 18.5 Å². The van der Waals surface area contributed by atoms with Crippen molar-refractivity contribution in [3.8, 4) is 5.88 Å². The molecule has 0 bridgehead atoms. The molecule has 0 saturated heterocycles. The Hall–Kier alpha value is -1.58. The smallest absolute Gasteiger partial charge is 0.218 e. The van der Waals surface area contributed by atoms with Gasteiger partial charge in [0.05, 0.1) is 6.61 Å². The van der Waals surface area contributed by atoms with E-state index in [1.54, 1.807) is 0 Å². The van der Waals surface area contributed by atoms with Gasteiger partial charge in [0.2, 0.25) is 5.88 Å². The largest absolute Gasteiger partial charge is 0.478 e. The quantitative estimate of drug-likeness (QED) is 0.796. The summed E-state index contributed by atoms with van der Waals surface area (Å²) < 4.78 is 5.54. The third-order valence-corrected chi connectivity index (χ3v) is 3.41. The lowest BCUT2D eigenvalue weighted by molar-refractivity contribution is 0.322. The first-order chi connectivity index (χ1) is 9.33. The predicted octanol–water partition coefficient (Wildman–Crippen LogP) is 3.52. The standard InChI is InChI=1S/C15H23N3O/c1-3-10-16-13-11-14(19-4-2)18-15(17-13)12-8-6-5-7-9-12/h3,11-12H,1,4-10H2,2H3,(H,16,17,18). The zero-order valence-electron chi connectivity index (χ0n) is 11.7. The first-order valence-electron chi connectivity index (χ1n) is 7.20. The minimum atomic E-state index is 0.485. The van der Waals surface area contributed by atoms with Crippen molar-refractivity contribution in [2.24, 2.45) is 0 Å². The van der Waals surface area contributed by atoms with E-state index in [2.05, 4.69) is 21.9 Å². The van der Waals surface area contributed by atoms with Crippen molar-refractivity contribution < 1.29 is 4.74 Å². The van der Waals surface area contributed by atoms with E-state index in [4.69, 9.17) is 4.74 Å².